The molecule has 6 nitrogen and oxygen atoms in total. The molecule has 25 heavy (non-hydrogen) atoms. The number of hydrogen-bond acceptors (Lipinski definition) is 6. The highest BCUT2D eigenvalue weighted by Crippen LogP contribution is 2.39. The molecule has 0 spiro atoms. The average molecular weight is 344 g/mol. The number of fused-ring (bicyclic) bond motifs is 2. The lowest BCUT2D eigenvalue weighted by atomic mass is 9.85. The van der Waals surface area contributed by atoms with Crippen LogP contribution in [0.5, 0.6) is 0 Å². The first-order valence-electron chi connectivity index (χ1n) is 8.61. The number of esters is 3. The Morgan fingerprint density at radius 2 is 1.92 bits per heavy atom. The van der Waals surface area contributed by atoms with Gasteiger partial charge in [0.2, 0.25) is 0 Å². The highest BCUT2D eigenvalue weighted by Gasteiger charge is 2.47. The normalized spacial score (nSPS) is 36.6. The molecule has 1 saturated carbocycles. The highest BCUT2D eigenvalue weighted by atomic mass is 16.6. The lowest BCUT2D eigenvalue weighted by Gasteiger charge is -2.26. The third-order valence-corrected chi connectivity index (χ3v) is 5.14. The Bertz CT molecular complexity index is 726. The molecule has 4 aliphatic rings. The van der Waals surface area contributed by atoms with Gasteiger partial charge in [-0.1, -0.05) is 12.2 Å². The Morgan fingerprint density at radius 3 is 2.64 bits per heavy atom. The summed E-state index contributed by atoms with van der Waals surface area (Å²) in [7, 11) is 0. The highest BCUT2D eigenvalue weighted by molar-refractivity contribution is 5.93. The summed E-state index contributed by atoms with van der Waals surface area (Å²) in [5, 5.41) is 0. The van der Waals surface area contributed by atoms with E-state index in [4.69, 9.17) is 14.2 Å². The molecule has 2 aliphatic heterocycles. The summed E-state index contributed by atoms with van der Waals surface area (Å²) in [6.07, 6.45) is 4.57. The maximum atomic E-state index is 12.2. The van der Waals surface area contributed by atoms with Gasteiger partial charge in [0.1, 0.15) is 18.3 Å². The van der Waals surface area contributed by atoms with Crippen LogP contribution in [-0.2, 0) is 28.6 Å². The van der Waals surface area contributed by atoms with E-state index >= 15 is 0 Å². The maximum absolute atomic E-state index is 12.2. The zero-order valence-electron chi connectivity index (χ0n) is 14.0. The van der Waals surface area contributed by atoms with Crippen LogP contribution in [-0.4, -0.2) is 36.2 Å². The number of carbonyl (C=O) groups excluding carboxylic acids is 3. The largest absolute Gasteiger partial charge is 0.458 e. The van der Waals surface area contributed by atoms with Crippen molar-refractivity contribution in [2.45, 2.75) is 50.9 Å². The van der Waals surface area contributed by atoms with Gasteiger partial charge in [-0.05, 0) is 31.9 Å². The van der Waals surface area contributed by atoms with Crippen molar-refractivity contribution in [1.29, 1.82) is 0 Å². The lowest BCUT2D eigenvalue weighted by molar-refractivity contribution is -0.151. The molecule has 0 unspecified atom stereocenters. The summed E-state index contributed by atoms with van der Waals surface area (Å²) in [6, 6.07) is 0. The molecule has 2 fully saturated rings. The summed E-state index contributed by atoms with van der Waals surface area (Å²) in [4.78, 5) is 36.3. The van der Waals surface area contributed by atoms with Crippen LogP contribution < -0.4 is 0 Å². The van der Waals surface area contributed by atoms with Gasteiger partial charge in [-0.3, -0.25) is 4.79 Å². The van der Waals surface area contributed by atoms with Gasteiger partial charge in [0.15, 0.2) is 0 Å². The molecule has 4 atom stereocenters. The summed E-state index contributed by atoms with van der Waals surface area (Å²) < 4.78 is 16.5. The van der Waals surface area contributed by atoms with Gasteiger partial charge in [0.05, 0.1) is 11.8 Å². The monoisotopic (exact) mass is 344 g/mol. The molecule has 1 saturated heterocycles. The van der Waals surface area contributed by atoms with Crippen LogP contribution in [0, 0.1) is 11.8 Å². The van der Waals surface area contributed by atoms with Crippen LogP contribution in [0.3, 0.4) is 0 Å². The quantitative estimate of drug-likeness (QED) is 0.330. The van der Waals surface area contributed by atoms with Gasteiger partial charge in [0, 0.05) is 24.0 Å². The van der Waals surface area contributed by atoms with Crippen molar-refractivity contribution in [1.82, 2.24) is 0 Å². The van der Waals surface area contributed by atoms with Gasteiger partial charge < -0.3 is 14.2 Å². The smallest absolute Gasteiger partial charge is 0.334 e. The molecule has 0 N–H and O–H groups in total. The number of hydrogen-bond donors (Lipinski definition) is 0. The summed E-state index contributed by atoms with van der Waals surface area (Å²) >= 11 is 0. The summed E-state index contributed by atoms with van der Waals surface area (Å²) in [5.74, 6) is -1.66. The van der Waals surface area contributed by atoms with Gasteiger partial charge in [-0.2, -0.15) is 0 Å². The summed E-state index contributed by atoms with van der Waals surface area (Å²) in [5.41, 5.74) is 1.72. The minimum absolute atomic E-state index is 0.0438. The first kappa shape index (κ1) is 16.1. The van der Waals surface area contributed by atoms with Crippen molar-refractivity contribution < 1.29 is 28.6 Å². The lowest BCUT2D eigenvalue weighted by Crippen LogP contribution is -2.33. The van der Waals surface area contributed by atoms with Crippen molar-refractivity contribution in [3.05, 3.63) is 35.5 Å². The van der Waals surface area contributed by atoms with Crippen LogP contribution in [0.1, 0.15) is 32.6 Å². The van der Waals surface area contributed by atoms with E-state index < -0.39 is 24.1 Å². The molecule has 0 aromatic rings. The van der Waals surface area contributed by atoms with E-state index in [9.17, 15) is 14.4 Å². The van der Waals surface area contributed by atoms with Crippen LogP contribution in [0.2, 0.25) is 0 Å². The van der Waals surface area contributed by atoms with Gasteiger partial charge >= 0.3 is 17.9 Å². The number of carbonyl (C=O) groups is 3. The van der Waals surface area contributed by atoms with E-state index in [1.54, 1.807) is 6.08 Å². The first-order valence-corrected chi connectivity index (χ1v) is 8.61. The average Bonchev–Trinajstić information content (AvgIpc) is 3.28. The van der Waals surface area contributed by atoms with Gasteiger partial charge in [-0.15, -0.1) is 0 Å². The molecule has 6 heteroatoms. The third-order valence-electron chi connectivity index (χ3n) is 5.14. The minimum atomic E-state index is -0.620. The molecule has 0 aromatic carbocycles. The van der Waals surface area contributed by atoms with E-state index in [1.807, 2.05) is 13.0 Å². The molecule has 2 heterocycles. The zero-order valence-corrected chi connectivity index (χ0v) is 14.0. The van der Waals surface area contributed by atoms with Crippen molar-refractivity contribution in [2.24, 2.45) is 11.8 Å². The predicted octanol–water partition coefficient (Wildman–Crippen LogP) is 2.00. The molecule has 0 amide bonds. The van der Waals surface area contributed by atoms with Crippen LogP contribution in [0.15, 0.2) is 35.5 Å². The molecule has 132 valence electrons. The van der Waals surface area contributed by atoms with Gasteiger partial charge in [0.25, 0.3) is 0 Å². The zero-order chi connectivity index (χ0) is 17.7. The fourth-order valence-electron chi connectivity index (χ4n) is 3.66. The number of ether oxygens (including phenoxy) is 3. The van der Waals surface area contributed by atoms with Crippen molar-refractivity contribution in [2.75, 3.05) is 0 Å². The van der Waals surface area contributed by atoms with Crippen LogP contribution in [0.25, 0.3) is 0 Å². The van der Waals surface area contributed by atoms with E-state index in [0.717, 1.165) is 18.4 Å². The van der Waals surface area contributed by atoms with Crippen molar-refractivity contribution >= 4 is 17.9 Å². The third kappa shape index (κ3) is 3.01. The standard InChI is InChI=1S/C19H20O6/c1-9-5-13-7-12(19(22)23-13)8-15-16(10(2)17(20)24-15)14(6-9)25-18(21)11-3-4-11/h6-7,11,13-16H,2-5,8H2,1H3/b9-6+/t13-,14-,15+,16+/m1/s1. The second-order valence-electron chi connectivity index (χ2n) is 7.23. The van der Waals surface area contributed by atoms with Crippen molar-refractivity contribution in [3.8, 4) is 0 Å². The summed E-state index contributed by atoms with van der Waals surface area (Å²) in [6.45, 7) is 5.74. The maximum Gasteiger partial charge on any atom is 0.334 e. The molecule has 2 bridgehead atoms. The Hall–Kier alpha value is -2.37. The molecular formula is C19H20O6. The minimum Gasteiger partial charge on any atom is -0.458 e. The molecule has 0 radical (unpaired) electrons. The topological polar surface area (TPSA) is 78.9 Å². The molecule has 4 rings (SSSR count). The van der Waals surface area contributed by atoms with Crippen LogP contribution in [0.4, 0.5) is 0 Å². The Kier molecular flexibility index (Phi) is 3.78. The second kappa shape index (κ2) is 5.86. The SMILES string of the molecule is C=C1C(=O)O[C@H]2CC3=C[C@@H](C/C(C)=C/[C@@H](OC(=O)C4CC4)[C@H]12)OC3=O. The molecule has 0 aromatic heterocycles. The second-order valence-corrected chi connectivity index (χ2v) is 7.23. The first-order chi connectivity index (χ1) is 11.9. The molecule has 2 aliphatic carbocycles. The van der Waals surface area contributed by atoms with Gasteiger partial charge in [-0.25, -0.2) is 9.59 Å². The fraction of sp³-hybridized carbons (Fsp3) is 0.526. The Balaban J connectivity index is 1.68. The van der Waals surface area contributed by atoms with E-state index in [2.05, 4.69) is 6.58 Å². The Labute approximate surface area is 145 Å². The van der Waals surface area contributed by atoms with Crippen molar-refractivity contribution in [3.63, 3.8) is 0 Å². The fourth-order valence-corrected chi connectivity index (χ4v) is 3.66. The Morgan fingerprint density at radius 1 is 1.16 bits per heavy atom. The van der Waals surface area contributed by atoms with E-state index in [-0.39, 0.29) is 36.0 Å². The van der Waals surface area contributed by atoms with E-state index in [0.29, 0.717) is 12.0 Å². The van der Waals surface area contributed by atoms with Crippen LogP contribution >= 0.6 is 0 Å². The predicted molar refractivity (Wildman–Crippen MR) is 86.1 cm³/mol. The number of rotatable bonds is 2. The van der Waals surface area contributed by atoms with E-state index in [1.165, 1.54) is 0 Å². The molecular weight excluding hydrogens is 324 g/mol.